The van der Waals surface area contributed by atoms with Crippen molar-refractivity contribution >= 4 is 82.9 Å². The number of pyridine rings is 3. The summed E-state index contributed by atoms with van der Waals surface area (Å²) < 4.78 is 6.97. The van der Waals surface area contributed by atoms with Crippen LogP contribution in [0.5, 0.6) is 0 Å². The molecule has 0 bridgehead atoms. The van der Waals surface area contributed by atoms with Gasteiger partial charge in [-0.3, -0.25) is 19.4 Å². The number of aliphatic hydroxyl groups is 3. The number of rotatable bonds is 21. The summed E-state index contributed by atoms with van der Waals surface area (Å²) >= 11 is 0. The molecule has 0 atom stereocenters. The van der Waals surface area contributed by atoms with Crippen molar-refractivity contribution in [1.82, 2.24) is 28.7 Å². The Balaban J connectivity index is 0.000000286. The van der Waals surface area contributed by atoms with Crippen LogP contribution in [0.2, 0.25) is 0 Å². The molecule has 6 aromatic heterocycles. The average Bonchev–Trinajstić information content (AvgIpc) is 1.61. The number of allylic oxidation sites excluding steroid dienone is 6. The molecule has 597 valence electrons. The normalized spacial score (nSPS) is 11.5. The molecule has 0 fully saturated rings. The van der Waals surface area contributed by atoms with Crippen molar-refractivity contribution in [2.45, 2.75) is 204 Å². The van der Waals surface area contributed by atoms with Crippen molar-refractivity contribution in [3.63, 3.8) is 0 Å². The van der Waals surface area contributed by atoms with Crippen molar-refractivity contribution in [3.8, 4) is 33.8 Å². The van der Waals surface area contributed by atoms with E-state index in [1.54, 1.807) is 0 Å². The van der Waals surface area contributed by atoms with E-state index in [2.05, 4.69) is 228 Å². The first-order chi connectivity index (χ1) is 51.3. The third kappa shape index (κ3) is 27.8. The Hall–Kier alpha value is -8.25. The Bertz CT molecular complexity index is 4980. The predicted molar refractivity (Wildman–Crippen MR) is 454 cm³/mol. The number of para-hydroxylation sites is 3. The molecular formula is C96H117Ir3N6O6-3. The van der Waals surface area contributed by atoms with Crippen LogP contribution in [-0.4, -0.2) is 61.3 Å². The second kappa shape index (κ2) is 45.4. The second-order valence-corrected chi connectivity index (χ2v) is 31.2. The zero-order valence-electron chi connectivity index (χ0n) is 69.2. The summed E-state index contributed by atoms with van der Waals surface area (Å²) in [6, 6.07) is 57.6. The van der Waals surface area contributed by atoms with Gasteiger partial charge in [0.2, 0.25) is 0 Å². The minimum absolute atomic E-state index is 0. The second-order valence-electron chi connectivity index (χ2n) is 31.2. The van der Waals surface area contributed by atoms with Crippen molar-refractivity contribution in [1.29, 1.82) is 0 Å². The van der Waals surface area contributed by atoms with Gasteiger partial charge in [0.05, 0.1) is 28.3 Å². The van der Waals surface area contributed by atoms with Crippen LogP contribution in [-0.2, 0) is 94.3 Å². The maximum atomic E-state index is 11.2. The third-order valence-corrected chi connectivity index (χ3v) is 17.8. The summed E-state index contributed by atoms with van der Waals surface area (Å²) in [6.45, 7) is 45.9. The van der Waals surface area contributed by atoms with Crippen LogP contribution < -0.4 is 0 Å². The molecule has 0 aliphatic rings. The first-order valence-corrected chi connectivity index (χ1v) is 38.7. The van der Waals surface area contributed by atoms with E-state index in [0.29, 0.717) is 74.0 Å². The van der Waals surface area contributed by atoms with Crippen LogP contribution in [0.1, 0.15) is 176 Å². The van der Waals surface area contributed by atoms with Gasteiger partial charge in [-0.05, 0) is 91.9 Å². The van der Waals surface area contributed by atoms with E-state index in [1.165, 1.54) is 94.8 Å². The van der Waals surface area contributed by atoms with Gasteiger partial charge in [-0.2, -0.15) is 0 Å². The van der Waals surface area contributed by atoms with Gasteiger partial charge in [0.1, 0.15) is 5.65 Å². The average molecular weight is 2030 g/mol. The Morgan fingerprint density at radius 2 is 0.739 bits per heavy atom. The Kier molecular flexibility index (Phi) is 38.9. The van der Waals surface area contributed by atoms with Gasteiger partial charge in [0.25, 0.3) is 0 Å². The zero-order valence-corrected chi connectivity index (χ0v) is 76.4. The number of aliphatic hydroxyl groups excluding tert-OH is 3. The first kappa shape index (κ1) is 95.1. The third-order valence-electron chi connectivity index (χ3n) is 17.8. The maximum Gasteiger partial charge on any atom is 0.159 e. The summed E-state index contributed by atoms with van der Waals surface area (Å²) in [5, 5.41) is 35.6. The number of fused-ring (bicyclic) bond motifs is 9. The van der Waals surface area contributed by atoms with Gasteiger partial charge in [-0.1, -0.05) is 197 Å². The van der Waals surface area contributed by atoms with Gasteiger partial charge in [-0.25, -0.2) is 0 Å². The number of aryl methyl sites for hydroxylation is 9. The van der Waals surface area contributed by atoms with Gasteiger partial charge in [-0.15, -0.1) is 105 Å². The molecule has 3 radical (unpaired) electrons. The van der Waals surface area contributed by atoms with Crippen molar-refractivity contribution in [2.75, 3.05) is 0 Å². The molecule has 6 heterocycles. The zero-order chi connectivity index (χ0) is 79.2. The van der Waals surface area contributed by atoms with E-state index < -0.39 is 0 Å². The summed E-state index contributed by atoms with van der Waals surface area (Å²) in [5.74, 6) is 2.94. The van der Waals surface area contributed by atoms with Crippen LogP contribution in [0, 0.1) is 95.2 Å². The summed E-state index contributed by atoms with van der Waals surface area (Å²) in [6.07, 6.45) is 11.3. The molecular weight excluding hydrogens is 1910 g/mol. The molecule has 0 spiro atoms. The molecule has 12 rings (SSSR count). The molecule has 6 aromatic carbocycles. The number of ketones is 3. The summed E-state index contributed by atoms with van der Waals surface area (Å²) in [5.41, 5.74) is 20.6. The molecule has 12 nitrogen and oxygen atoms in total. The number of carbonyl (C=O) groups excluding carboxylic acids is 3. The van der Waals surface area contributed by atoms with Crippen LogP contribution in [0.4, 0.5) is 0 Å². The van der Waals surface area contributed by atoms with Gasteiger partial charge in [0, 0.05) is 204 Å². The standard InChI is InChI=1S/3C21H19N2.3C11H20O2.3Ir/c1-4-23-20-8-6-5-7-17(20)18-12-19(22-13-21(18)23)16-10-14(2)9-15(3)11-16;1-4-23-20-8-6-5-7-17(20)18-9-10-19(22-21(18)23)16-12-14(2)11-15(3)13-16;1-4-23-19-8-6-5-7-17(19)18-9-10-22-20(21(18)23)16-12-14(2)11-15(3)13-16;3*1-8(2)5-10(12)7-11(13)6-9(3)4;;;/h5-10,12-13H,4H2,1-3H3;2*5-12H,4H2,1-3H3;3*7-9,12H,5-6H2,1-4H3;;;/q3*-1;;;;;;. The van der Waals surface area contributed by atoms with E-state index in [1.807, 2.05) is 95.5 Å². The minimum atomic E-state index is 0. The van der Waals surface area contributed by atoms with Crippen molar-refractivity contribution in [3.05, 3.63) is 233 Å². The topological polar surface area (TPSA) is 165 Å². The molecule has 0 saturated heterocycles. The van der Waals surface area contributed by atoms with E-state index in [9.17, 15) is 29.7 Å². The van der Waals surface area contributed by atoms with E-state index >= 15 is 0 Å². The van der Waals surface area contributed by atoms with Gasteiger partial charge >= 0.3 is 0 Å². The molecule has 0 saturated carbocycles. The Morgan fingerprint density at radius 1 is 0.378 bits per heavy atom. The fraction of sp³-hybridized carbons (Fsp3) is 0.375. The SMILES string of the molecule is CC(C)CC(=O)C=C(O)CC(C)C.CC(C)CC(=O)C=C(O)CC(C)C.CC(C)CC(=O)C=C(O)CC(C)C.CCn1c2ccccc2c2cc(-c3[c-]c(C)cc(C)c3)ncc21.CCn1c2ccccc2c2ccc(-c3[c-]c(C)cc(C)c3)nc21.CCn1c2ccccc2c2ccnc(-c3[c-]c(C)cc(C)c3)c21.[Ir].[Ir].[Ir]. The quantitative estimate of drug-likeness (QED) is 0.0361. The first-order valence-electron chi connectivity index (χ1n) is 38.7. The molecule has 0 amide bonds. The van der Waals surface area contributed by atoms with E-state index in [4.69, 9.17) is 15.0 Å². The molecule has 15 heteroatoms. The molecule has 0 unspecified atom stereocenters. The number of benzene rings is 6. The fourth-order valence-electron chi connectivity index (χ4n) is 13.8. The van der Waals surface area contributed by atoms with E-state index in [0.717, 1.165) is 75.7 Å². The molecule has 12 aromatic rings. The number of hydrogen-bond acceptors (Lipinski definition) is 9. The summed E-state index contributed by atoms with van der Waals surface area (Å²) in [7, 11) is 0. The van der Waals surface area contributed by atoms with Gasteiger partial charge in [0.15, 0.2) is 17.3 Å². The maximum absolute atomic E-state index is 11.2. The molecule has 111 heavy (non-hydrogen) atoms. The van der Waals surface area contributed by atoms with Crippen LogP contribution in [0.15, 0.2) is 181 Å². The number of carbonyl (C=O) groups is 3. The Labute approximate surface area is 701 Å². The Morgan fingerprint density at radius 3 is 1.14 bits per heavy atom. The predicted octanol–water partition coefficient (Wildman–Crippen LogP) is 25.1. The monoisotopic (exact) mass is 2030 g/mol. The van der Waals surface area contributed by atoms with Crippen molar-refractivity contribution in [2.24, 2.45) is 35.5 Å². The largest absolute Gasteiger partial charge is 0.512 e. The van der Waals surface area contributed by atoms with Crippen LogP contribution in [0.3, 0.4) is 0 Å². The van der Waals surface area contributed by atoms with Crippen LogP contribution in [0.25, 0.3) is 99.3 Å². The van der Waals surface area contributed by atoms with Crippen molar-refractivity contribution < 1.29 is 90.0 Å². The number of nitrogens with zero attached hydrogens (tertiary/aromatic N) is 6. The summed E-state index contributed by atoms with van der Waals surface area (Å²) in [4.78, 5) is 48.0. The smallest absolute Gasteiger partial charge is 0.159 e. The molecule has 0 aliphatic heterocycles. The van der Waals surface area contributed by atoms with E-state index in [-0.39, 0.29) is 94.9 Å². The fourth-order valence-corrected chi connectivity index (χ4v) is 13.8. The molecule has 0 aliphatic carbocycles. The number of hydrogen-bond donors (Lipinski definition) is 3. The van der Waals surface area contributed by atoms with Crippen LogP contribution >= 0.6 is 0 Å². The minimum Gasteiger partial charge on any atom is -0.512 e. The number of aromatic nitrogens is 6. The van der Waals surface area contributed by atoms with Gasteiger partial charge < -0.3 is 39.0 Å². The molecule has 3 N–H and O–H groups in total.